The highest BCUT2D eigenvalue weighted by Crippen LogP contribution is 2.17. The maximum absolute atomic E-state index is 12.0. The fourth-order valence-corrected chi connectivity index (χ4v) is 2.43. The average molecular weight is 390 g/mol. The summed E-state index contributed by atoms with van der Waals surface area (Å²) in [6, 6.07) is 4.30. The number of carbonyl (C=O) groups excluding carboxylic acids is 1. The zero-order valence-electron chi connectivity index (χ0n) is 11.5. The van der Waals surface area contributed by atoms with Crippen molar-refractivity contribution in [3.63, 3.8) is 0 Å². The lowest BCUT2D eigenvalue weighted by molar-refractivity contribution is -0.384. The van der Waals surface area contributed by atoms with Crippen molar-refractivity contribution in [2.24, 2.45) is 0 Å². The Bertz CT molecular complexity index is 477. The topological polar surface area (TPSA) is 72.2 Å². The van der Waals surface area contributed by atoms with E-state index < -0.39 is 4.92 Å². The fraction of sp³-hybridized carbons (Fsp3) is 0.500. The highest BCUT2D eigenvalue weighted by Gasteiger charge is 2.12. The Kier molecular flexibility index (Phi) is 7.50. The number of hydrogen-bond donors (Lipinski definition) is 1. The van der Waals surface area contributed by atoms with Gasteiger partial charge in [0.15, 0.2) is 0 Å². The van der Waals surface area contributed by atoms with Crippen LogP contribution in [0, 0.1) is 17.0 Å². The third-order valence-electron chi connectivity index (χ3n) is 3.01. The van der Waals surface area contributed by atoms with Crippen molar-refractivity contribution in [1.82, 2.24) is 5.32 Å². The van der Waals surface area contributed by atoms with Crippen molar-refractivity contribution < 1.29 is 9.72 Å². The van der Waals surface area contributed by atoms with Gasteiger partial charge in [0, 0.05) is 24.2 Å². The number of unbranched alkanes of at least 4 members (excludes halogenated alkanes) is 3. The lowest BCUT2D eigenvalue weighted by Crippen LogP contribution is -2.25. The van der Waals surface area contributed by atoms with Crippen LogP contribution in [0.25, 0.3) is 0 Å². The summed E-state index contributed by atoms with van der Waals surface area (Å²) >= 11 is 2.36. The number of nitrogens with zero attached hydrogens (tertiary/aromatic N) is 1. The molecule has 5 nitrogen and oxygen atoms in total. The summed E-state index contributed by atoms with van der Waals surface area (Å²) in [5.74, 6) is -0.161. The molecule has 1 rings (SSSR count). The van der Waals surface area contributed by atoms with Crippen LogP contribution in [0.5, 0.6) is 0 Å². The number of benzene rings is 1. The van der Waals surface area contributed by atoms with Gasteiger partial charge in [0.05, 0.1) is 4.92 Å². The summed E-state index contributed by atoms with van der Waals surface area (Å²) in [7, 11) is 0. The van der Waals surface area contributed by atoms with Gasteiger partial charge in [-0.1, -0.05) is 35.4 Å². The van der Waals surface area contributed by atoms with E-state index in [4.69, 9.17) is 0 Å². The van der Waals surface area contributed by atoms with Gasteiger partial charge in [0.2, 0.25) is 0 Å². The number of alkyl halides is 1. The van der Waals surface area contributed by atoms with Gasteiger partial charge in [-0.15, -0.1) is 0 Å². The Labute approximate surface area is 132 Å². The van der Waals surface area contributed by atoms with Gasteiger partial charge in [0.1, 0.15) is 0 Å². The molecule has 0 heterocycles. The van der Waals surface area contributed by atoms with Gasteiger partial charge in [-0.25, -0.2) is 0 Å². The normalized spacial score (nSPS) is 10.3. The Balaban J connectivity index is 2.45. The number of nitrogens with one attached hydrogen (secondary N) is 1. The lowest BCUT2D eigenvalue weighted by atomic mass is 10.1. The van der Waals surface area contributed by atoms with Gasteiger partial charge in [-0.3, -0.25) is 14.9 Å². The number of carbonyl (C=O) groups is 1. The highest BCUT2D eigenvalue weighted by molar-refractivity contribution is 14.1. The molecule has 0 saturated heterocycles. The molecular formula is C14H19IN2O3. The van der Waals surface area contributed by atoms with Crippen LogP contribution in [0.2, 0.25) is 0 Å². The Morgan fingerprint density at radius 2 is 2.00 bits per heavy atom. The molecule has 0 unspecified atom stereocenters. The maximum Gasteiger partial charge on any atom is 0.269 e. The van der Waals surface area contributed by atoms with Crippen LogP contribution < -0.4 is 5.32 Å². The molecule has 110 valence electrons. The molecule has 0 spiro atoms. The van der Waals surface area contributed by atoms with E-state index in [0.717, 1.165) is 12.8 Å². The summed E-state index contributed by atoms with van der Waals surface area (Å²) in [5.41, 5.74) is 1.14. The van der Waals surface area contributed by atoms with Crippen LogP contribution in [-0.4, -0.2) is 21.8 Å². The lowest BCUT2D eigenvalue weighted by Gasteiger charge is -2.07. The number of aryl methyl sites for hydroxylation is 1. The predicted molar refractivity (Wildman–Crippen MR) is 87.5 cm³/mol. The summed E-state index contributed by atoms with van der Waals surface area (Å²) < 4.78 is 1.17. The Morgan fingerprint density at radius 3 is 2.60 bits per heavy atom. The summed E-state index contributed by atoms with van der Waals surface area (Å²) in [4.78, 5) is 22.1. The van der Waals surface area contributed by atoms with Crippen molar-refractivity contribution in [2.45, 2.75) is 32.6 Å². The van der Waals surface area contributed by atoms with E-state index in [0.29, 0.717) is 17.7 Å². The first kappa shape index (κ1) is 16.9. The molecule has 0 aromatic heterocycles. The molecule has 0 atom stereocenters. The summed E-state index contributed by atoms with van der Waals surface area (Å²) in [6.45, 7) is 2.36. The summed E-state index contributed by atoms with van der Waals surface area (Å²) in [6.07, 6.45) is 4.49. The molecule has 20 heavy (non-hydrogen) atoms. The van der Waals surface area contributed by atoms with Crippen molar-refractivity contribution in [1.29, 1.82) is 0 Å². The van der Waals surface area contributed by atoms with Crippen molar-refractivity contribution in [3.05, 3.63) is 39.4 Å². The SMILES string of the molecule is Cc1cc([N+](=O)[O-])ccc1C(=O)NCCCCCCI. The molecule has 1 amide bonds. The van der Waals surface area contributed by atoms with Gasteiger partial charge in [0.25, 0.3) is 11.6 Å². The number of hydrogen-bond acceptors (Lipinski definition) is 3. The van der Waals surface area contributed by atoms with Gasteiger partial charge >= 0.3 is 0 Å². The number of nitro benzene ring substituents is 1. The number of nitro groups is 1. The third kappa shape index (κ3) is 5.44. The summed E-state index contributed by atoms with van der Waals surface area (Å²) in [5, 5.41) is 13.5. The smallest absolute Gasteiger partial charge is 0.269 e. The minimum atomic E-state index is -0.457. The quantitative estimate of drug-likeness (QED) is 0.242. The number of rotatable bonds is 8. The molecule has 0 fully saturated rings. The minimum absolute atomic E-state index is 0.0119. The molecule has 0 aliphatic carbocycles. The van der Waals surface area contributed by atoms with Gasteiger partial charge in [-0.2, -0.15) is 0 Å². The maximum atomic E-state index is 12.0. The van der Waals surface area contributed by atoms with Crippen molar-refractivity contribution in [2.75, 3.05) is 11.0 Å². The van der Waals surface area contributed by atoms with E-state index >= 15 is 0 Å². The zero-order valence-corrected chi connectivity index (χ0v) is 13.7. The first-order valence-electron chi connectivity index (χ1n) is 6.65. The third-order valence-corrected chi connectivity index (χ3v) is 3.77. The number of amides is 1. The molecule has 0 bridgehead atoms. The van der Waals surface area contributed by atoms with E-state index in [9.17, 15) is 14.9 Å². The molecule has 1 N–H and O–H groups in total. The second-order valence-corrected chi connectivity index (χ2v) is 5.69. The van der Waals surface area contributed by atoms with Crippen molar-refractivity contribution in [3.8, 4) is 0 Å². The molecule has 1 aromatic rings. The van der Waals surface area contributed by atoms with Crippen LogP contribution >= 0.6 is 22.6 Å². The van der Waals surface area contributed by atoms with E-state index in [-0.39, 0.29) is 11.6 Å². The second kappa shape index (κ2) is 8.89. The fourth-order valence-electron chi connectivity index (χ4n) is 1.89. The average Bonchev–Trinajstić information content (AvgIpc) is 2.42. The minimum Gasteiger partial charge on any atom is -0.352 e. The molecule has 0 radical (unpaired) electrons. The standard InChI is InChI=1S/C14H19IN2O3/c1-11-10-12(17(19)20)6-7-13(11)14(18)16-9-5-3-2-4-8-15/h6-7,10H,2-5,8-9H2,1H3,(H,16,18). The van der Waals surface area contributed by atoms with E-state index in [2.05, 4.69) is 27.9 Å². The van der Waals surface area contributed by atoms with Gasteiger partial charge < -0.3 is 5.32 Å². The van der Waals surface area contributed by atoms with Crippen LogP contribution in [0.15, 0.2) is 18.2 Å². The molecule has 0 saturated carbocycles. The predicted octanol–water partition coefficient (Wildman–Crippen LogP) is 3.63. The molecule has 0 aliphatic rings. The Hall–Kier alpha value is -1.18. The first-order valence-corrected chi connectivity index (χ1v) is 8.18. The van der Waals surface area contributed by atoms with E-state index in [1.807, 2.05) is 0 Å². The van der Waals surface area contributed by atoms with Crippen molar-refractivity contribution >= 4 is 34.2 Å². The van der Waals surface area contributed by atoms with Crippen LogP contribution in [0.4, 0.5) is 5.69 Å². The van der Waals surface area contributed by atoms with Crippen LogP contribution in [-0.2, 0) is 0 Å². The molecule has 6 heteroatoms. The largest absolute Gasteiger partial charge is 0.352 e. The van der Waals surface area contributed by atoms with E-state index in [1.54, 1.807) is 6.92 Å². The van der Waals surface area contributed by atoms with E-state index in [1.165, 1.54) is 35.5 Å². The molecule has 0 aliphatic heterocycles. The van der Waals surface area contributed by atoms with Crippen LogP contribution in [0.3, 0.4) is 0 Å². The number of non-ortho nitro benzene ring substituents is 1. The molecule has 1 aromatic carbocycles. The zero-order chi connectivity index (χ0) is 15.0. The number of halogens is 1. The Morgan fingerprint density at radius 1 is 1.30 bits per heavy atom. The van der Waals surface area contributed by atoms with Crippen LogP contribution in [0.1, 0.15) is 41.6 Å². The first-order chi connectivity index (χ1) is 9.56. The highest BCUT2D eigenvalue weighted by atomic mass is 127. The van der Waals surface area contributed by atoms with Gasteiger partial charge in [-0.05, 0) is 35.8 Å². The monoisotopic (exact) mass is 390 g/mol. The second-order valence-electron chi connectivity index (χ2n) is 4.62. The molecular weight excluding hydrogens is 371 g/mol.